The van der Waals surface area contributed by atoms with Gasteiger partial charge in [-0.3, -0.25) is 9.59 Å². The number of thioether (sulfide) groups is 1. The monoisotopic (exact) mass is 351 g/mol. The van der Waals surface area contributed by atoms with Gasteiger partial charge in [0.05, 0.1) is 5.69 Å². The van der Waals surface area contributed by atoms with Crippen molar-refractivity contribution in [1.29, 1.82) is 0 Å². The fraction of sp³-hybridized carbons (Fsp3) is 0.105. The number of carbonyl (C=O) groups excluding carboxylic acids is 1. The second-order valence-corrected chi connectivity index (χ2v) is 6.78. The number of carbonyl (C=O) groups is 1. The number of aromatic amines is 1. The van der Waals surface area contributed by atoms with Gasteiger partial charge in [0.1, 0.15) is 0 Å². The van der Waals surface area contributed by atoms with Gasteiger partial charge in [-0.2, -0.15) is 5.10 Å². The summed E-state index contributed by atoms with van der Waals surface area (Å²) in [6, 6.07) is 20.3. The highest BCUT2D eigenvalue weighted by Gasteiger charge is 2.12. The molecule has 0 aliphatic carbocycles. The highest BCUT2D eigenvalue weighted by molar-refractivity contribution is 8.14. The van der Waals surface area contributed by atoms with Crippen LogP contribution >= 0.6 is 11.8 Å². The first-order chi connectivity index (χ1) is 12.1. The molecule has 0 spiro atoms. The molecule has 1 heterocycles. The van der Waals surface area contributed by atoms with Crippen molar-refractivity contribution in [3.8, 4) is 11.3 Å². The third-order valence-corrected chi connectivity index (χ3v) is 4.60. The van der Waals surface area contributed by atoms with E-state index in [0.717, 1.165) is 11.1 Å². The van der Waals surface area contributed by atoms with Crippen molar-refractivity contribution < 1.29 is 4.79 Å². The Labute approximate surface area is 149 Å². The summed E-state index contributed by atoms with van der Waals surface area (Å²) in [5.74, 6) is 0. The zero-order valence-corrected chi connectivity index (χ0v) is 14.4. The molecular formula is C19H17N3O2S. The van der Waals surface area contributed by atoms with Crippen LogP contribution in [0.3, 0.4) is 0 Å². The molecule has 3 rings (SSSR count). The smallest absolute Gasteiger partial charge is 0.284 e. The van der Waals surface area contributed by atoms with Crippen molar-refractivity contribution in [2.45, 2.75) is 12.2 Å². The predicted octanol–water partition coefficient (Wildman–Crippen LogP) is 4.46. The van der Waals surface area contributed by atoms with Crippen LogP contribution in [0.2, 0.25) is 0 Å². The summed E-state index contributed by atoms with van der Waals surface area (Å²) >= 11 is 1.25. The zero-order valence-electron chi connectivity index (χ0n) is 13.6. The molecule has 25 heavy (non-hydrogen) atoms. The molecule has 0 aliphatic rings. The van der Waals surface area contributed by atoms with Crippen LogP contribution in [0.5, 0.6) is 0 Å². The van der Waals surface area contributed by atoms with Crippen LogP contribution in [-0.4, -0.2) is 15.4 Å². The van der Waals surface area contributed by atoms with Gasteiger partial charge in [0, 0.05) is 22.6 Å². The van der Waals surface area contributed by atoms with Gasteiger partial charge in [-0.25, -0.2) is 5.10 Å². The fourth-order valence-electron chi connectivity index (χ4n) is 2.33. The highest BCUT2D eigenvalue weighted by atomic mass is 32.2. The molecule has 0 saturated heterocycles. The highest BCUT2D eigenvalue weighted by Crippen LogP contribution is 2.29. The second kappa shape index (κ2) is 7.81. The van der Waals surface area contributed by atoms with Crippen molar-refractivity contribution in [1.82, 2.24) is 10.2 Å². The number of H-pyrrole nitrogens is 1. The van der Waals surface area contributed by atoms with Crippen LogP contribution in [0.4, 0.5) is 10.5 Å². The minimum atomic E-state index is -0.239. The molecule has 5 nitrogen and oxygen atoms in total. The lowest BCUT2D eigenvalue weighted by Gasteiger charge is -2.11. The molecule has 1 amide bonds. The molecule has 1 aromatic heterocycles. The van der Waals surface area contributed by atoms with E-state index in [1.165, 1.54) is 17.8 Å². The van der Waals surface area contributed by atoms with Gasteiger partial charge in [-0.05, 0) is 30.7 Å². The largest absolute Gasteiger partial charge is 0.317 e. The van der Waals surface area contributed by atoms with Gasteiger partial charge in [0.15, 0.2) is 0 Å². The number of hydrogen-bond acceptors (Lipinski definition) is 4. The summed E-state index contributed by atoms with van der Waals surface area (Å²) in [6.45, 7) is 2.00. The van der Waals surface area contributed by atoms with E-state index in [-0.39, 0.29) is 16.0 Å². The molecule has 1 atom stereocenters. The van der Waals surface area contributed by atoms with Gasteiger partial charge >= 0.3 is 0 Å². The van der Waals surface area contributed by atoms with E-state index in [9.17, 15) is 9.59 Å². The maximum atomic E-state index is 12.2. The van der Waals surface area contributed by atoms with Crippen LogP contribution in [-0.2, 0) is 0 Å². The molecule has 3 aromatic rings. The average molecular weight is 351 g/mol. The van der Waals surface area contributed by atoms with E-state index in [1.807, 2.05) is 61.5 Å². The molecule has 0 fully saturated rings. The first-order valence-electron chi connectivity index (χ1n) is 7.80. The van der Waals surface area contributed by atoms with Crippen molar-refractivity contribution in [2.75, 3.05) is 5.32 Å². The lowest BCUT2D eigenvalue weighted by molar-refractivity contribution is 0.269. The van der Waals surface area contributed by atoms with E-state index in [4.69, 9.17) is 0 Å². The fourth-order valence-corrected chi connectivity index (χ4v) is 3.12. The van der Waals surface area contributed by atoms with E-state index >= 15 is 0 Å². The summed E-state index contributed by atoms with van der Waals surface area (Å²) in [7, 11) is 0. The Morgan fingerprint density at radius 1 is 1.04 bits per heavy atom. The maximum absolute atomic E-state index is 12.2. The number of nitrogens with one attached hydrogen (secondary N) is 2. The van der Waals surface area contributed by atoms with E-state index in [2.05, 4.69) is 15.5 Å². The Kier molecular flexibility index (Phi) is 5.30. The topological polar surface area (TPSA) is 74.8 Å². The summed E-state index contributed by atoms with van der Waals surface area (Å²) in [4.78, 5) is 23.2. The molecule has 2 N–H and O–H groups in total. The van der Waals surface area contributed by atoms with Gasteiger partial charge in [0.25, 0.3) is 10.8 Å². The molecule has 6 heteroatoms. The predicted molar refractivity (Wildman–Crippen MR) is 102 cm³/mol. The van der Waals surface area contributed by atoms with E-state index < -0.39 is 0 Å². The number of hydrogen-bond donors (Lipinski definition) is 2. The second-order valence-electron chi connectivity index (χ2n) is 5.47. The number of nitrogens with zero attached hydrogens (tertiary/aromatic N) is 1. The number of anilines is 1. The number of amides is 1. The quantitative estimate of drug-likeness (QED) is 0.727. The zero-order chi connectivity index (χ0) is 17.6. The molecule has 0 aliphatic heterocycles. The molecule has 0 radical (unpaired) electrons. The third-order valence-electron chi connectivity index (χ3n) is 3.66. The number of aromatic nitrogens is 2. The molecule has 0 bridgehead atoms. The average Bonchev–Trinajstić information content (AvgIpc) is 2.64. The normalized spacial score (nSPS) is 11.7. The minimum absolute atomic E-state index is 0.0748. The molecule has 0 saturated carbocycles. The summed E-state index contributed by atoms with van der Waals surface area (Å²) < 4.78 is 0. The van der Waals surface area contributed by atoms with Crippen molar-refractivity contribution in [2.24, 2.45) is 0 Å². The SMILES string of the molecule is CC(SC(=O)Nc1ccc(-c2ccc(=O)[nH]n2)cc1)c1ccccc1. The van der Waals surface area contributed by atoms with E-state index in [0.29, 0.717) is 11.4 Å². The van der Waals surface area contributed by atoms with Gasteiger partial charge in [-0.1, -0.05) is 54.2 Å². The Bertz CT molecular complexity index is 887. The number of benzene rings is 2. The Balaban J connectivity index is 1.62. The molecule has 2 aromatic carbocycles. The van der Waals surface area contributed by atoms with Crippen molar-refractivity contribution in [3.05, 3.63) is 82.6 Å². The van der Waals surface area contributed by atoms with Crippen LogP contribution in [0.1, 0.15) is 17.7 Å². The Morgan fingerprint density at radius 3 is 2.40 bits per heavy atom. The van der Waals surface area contributed by atoms with Crippen molar-refractivity contribution in [3.63, 3.8) is 0 Å². The third kappa shape index (κ3) is 4.58. The summed E-state index contributed by atoms with van der Waals surface area (Å²) in [5.41, 5.74) is 3.12. The molecular weight excluding hydrogens is 334 g/mol. The van der Waals surface area contributed by atoms with Gasteiger partial charge < -0.3 is 5.32 Å². The van der Waals surface area contributed by atoms with Crippen LogP contribution in [0.25, 0.3) is 11.3 Å². The first-order valence-corrected chi connectivity index (χ1v) is 8.68. The van der Waals surface area contributed by atoms with E-state index in [1.54, 1.807) is 6.07 Å². The molecule has 1 unspecified atom stereocenters. The summed E-state index contributed by atoms with van der Waals surface area (Å²) in [5, 5.41) is 9.23. The maximum Gasteiger partial charge on any atom is 0.284 e. The lowest BCUT2D eigenvalue weighted by atomic mass is 10.1. The van der Waals surface area contributed by atoms with Gasteiger partial charge in [0.2, 0.25) is 0 Å². The van der Waals surface area contributed by atoms with Crippen LogP contribution in [0.15, 0.2) is 71.5 Å². The van der Waals surface area contributed by atoms with Gasteiger partial charge in [-0.15, -0.1) is 0 Å². The Morgan fingerprint density at radius 2 is 1.76 bits per heavy atom. The summed E-state index contributed by atoms with van der Waals surface area (Å²) in [6.07, 6.45) is 0. The first kappa shape index (κ1) is 17.0. The molecule has 126 valence electrons. The lowest BCUT2D eigenvalue weighted by Crippen LogP contribution is -2.07. The van der Waals surface area contributed by atoms with Crippen LogP contribution < -0.4 is 10.9 Å². The van der Waals surface area contributed by atoms with Crippen LogP contribution in [0, 0.1) is 0 Å². The standard InChI is InChI=1S/C19H17N3O2S/c1-13(14-5-3-2-4-6-14)25-19(24)20-16-9-7-15(8-10-16)17-11-12-18(23)22-21-17/h2-13H,1H3,(H,20,24)(H,22,23). The number of rotatable bonds is 4. The Hall–Kier alpha value is -2.86. The minimum Gasteiger partial charge on any atom is -0.317 e. The van der Waals surface area contributed by atoms with Crippen molar-refractivity contribution >= 4 is 22.7 Å².